The van der Waals surface area contributed by atoms with E-state index in [0.717, 1.165) is 16.5 Å². The second-order valence-electron chi connectivity index (χ2n) is 5.96. The van der Waals surface area contributed by atoms with E-state index in [1.54, 1.807) is 6.07 Å². The van der Waals surface area contributed by atoms with Gasteiger partial charge in [-0.25, -0.2) is 9.37 Å². The highest BCUT2D eigenvalue weighted by Crippen LogP contribution is 2.29. The van der Waals surface area contributed by atoms with Crippen molar-refractivity contribution in [3.8, 4) is 11.1 Å². The van der Waals surface area contributed by atoms with Crippen LogP contribution in [-0.2, 0) is 0 Å². The predicted octanol–water partition coefficient (Wildman–Crippen LogP) is 3.76. The normalized spacial score (nSPS) is 11.0. The molecule has 1 heterocycles. The molecule has 0 saturated carbocycles. The third-order valence-electron chi connectivity index (χ3n) is 3.74. The topological polar surface area (TPSA) is 68.0 Å². The lowest BCUT2D eigenvalue weighted by molar-refractivity contribution is 0.0944. The number of nitrogens with two attached hydrogens (primary N) is 1. The number of halogens is 1. The van der Waals surface area contributed by atoms with Crippen LogP contribution in [0, 0.1) is 5.82 Å². The summed E-state index contributed by atoms with van der Waals surface area (Å²) >= 11 is 0. The maximum atomic E-state index is 13.4. The van der Waals surface area contributed by atoms with Crippen molar-refractivity contribution in [3.05, 3.63) is 60.0 Å². The van der Waals surface area contributed by atoms with E-state index in [0.29, 0.717) is 16.8 Å². The Hall–Kier alpha value is -2.95. The van der Waals surface area contributed by atoms with Crippen LogP contribution in [0.2, 0.25) is 0 Å². The molecule has 3 aromatic rings. The molecule has 0 aliphatic heterocycles. The molecule has 4 nitrogen and oxygen atoms in total. The Kier molecular flexibility index (Phi) is 4.16. The first kappa shape index (κ1) is 15.9. The van der Waals surface area contributed by atoms with Gasteiger partial charge in [0.1, 0.15) is 11.6 Å². The molecule has 0 spiro atoms. The minimum Gasteiger partial charge on any atom is -0.383 e. The zero-order valence-corrected chi connectivity index (χ0v) is 13.5. The van der Waals surface area contributed by atoms with Crippen LogP contribution in [0.15, 0.2) is 48.7 Å². The Morgan fingerprint density at radius 3 is 2.58 bits per heavy atom. The molecule has 0 aliphatic rings. The van der Waals surface area contributed by atoms with Crippen LogP contribution in [0.25, 0.3) is 21.9 Å². The summed E-state index contributed by atoms with van der Waals surface area (Å²) in [6, 6.07) is 11.9. The monoisotopic (exact) mass is 323 g/mol. The average molecular weight is 323 g/mol. The van der Waals surface area contributed by atoms with Crippen molar-refractivity contribution in [2.45, 2.75) is 19.9 Å². The fourth-order valence-electron chi connectivity index (χ4n) is 2.63. The fourth-order valence-corrected chi connectivity index (χ4v) is 2.63. The maximum Gasteiger partial charge on any atom is 0.253 e. The van der Waals surface area contributed by atoms with Crippen LogP contribution < -0.4 is 11.1 Å². The molecule has 1 amide bonds. The van der Waals surface area contributed by atoms with Gasteiger partial charge in [-0.15, -0.1) is 0 Å². The van der Waals surface area contributed by atoms with Gasteiger partial charge < -0.3 is 11.1 Å². The minimum absolute atomic E-state index is 0.0247. The Balaban J connectivity index is 2.13. The third kappa shape index (κ3) is 3.06. The van der Waals surface area contributed by atoms with Crippen molar-refractivity contribution < 1.29 is 9.18 Å². The lowest BCUT2D eigenvalue weighted by Crippen LogP contribution is -2.30. The van der Waals surface area contributed by atoms with Crippen molar-refractivity contribution in [1.29, 1.82) is 0 Å². The second kappa shape index (κ2) is 6.28. The number of nitrogens with zero attached hydrogens (tertiary/aromatic N) is 1. The van der Waals surface area contributed by atoms with E-state index in [-0.39, 0.29) is 17.8 Å². The molecule has 0 saturated heterocycles. The number of amides is 1. The van der Waals surface area contributed by atoms with E-state index in [9.17, 15) is 9.18 Å². The largest absolute Gasteiger partial charge is 0.383 e. The molecule has 0 radical (unpaired) electrons. The summed E-state index contributed by atoms with van der Waals surface area (Å²) < 4.78 is 13.4. The number of hydrogen-bond donors (Lipinski definition) is 2. The number of hydrogen-bond acceptors (Lipinski definition) is 3. The van der Waals surface area contributed by atoms with E-state index in [4.69, 9.17) is 5.73 Å². The van der Waals surface area contributed by atoms with Crippen molar-refractivity contribution >= 4 is 22.5 Å². The van der Waals surface area contributed by atoms with E-state index in [1.165, 1.54) is 18.3 Å². The summed E-state index contributed by atoms with van der Waals surface area (Å²) in [5.74, 6) is -0.158. The number of carbonyl (C=O) groups excluding carboxylic acids is 1. The van der Waals surface area contributed by atoms with Crippen LogP contribution in [0.3, 0.4) is 0 Å². The van der Waals surface area contributed by atoms with Crippen LogP contribution in [0.5, 0.6) is 0 Å². The molecule has 0 unspecified atom stereocenters. The van der Waals surface area contributed by atoms with Gasteiger partial charge >= 0.3 is 0 Å². The van der Waals surface area contributed by atoms with Gasteiger partial charge in [0.2, 0.25) is 0 Å². The molecule has 0 aliphatic carbocycles. The summed E-state index contributed by atoms with van der Waals surface area (Å²) in [5.41, 5.74) is 8.02. The lowest BCUT2D eigenvalue weighted by Gasteiger charge is -2.12. The van der Waals surface area contributed by atoms with E-state index >= 15 is 0 Å². The van der Waals surface area contributed by atoms with Crippen LogP contribution in [-0.4, -0.2) is 16.9 Å². The average Bonchev–Trinajstić information content (AvgIpc) is 2.54. The highest BCUT2D eigenvalue weighted by Gasteiger charge is 2.14. The maximum absolute atomic E-state index is 13.4. The quantitative estimate of drug-likeness (QED) is 0.771. The molecule has 122 valence electrons. The molecule has 2 aromatic carbocycles. The number of nitrogen functional groups attached to an aromatic ring is 1. The lowest BCUT2D eigenvalue weighted by atomic mass is 9.99. The Bertz CT molecular complexity index is 922. The Labute approximate surface area is 139 Å². The number of carbonyl (C=O) groups is 1. The Morgan fingerprint density at radius 2 is 1.88 bits per heavy atom. The minimum atomic E-state index is -0.302. The molecular formula is C19H18FN3O. The predicted molar refractivity (Wildman–Crippen MR) is 94.2 cm³/mol. The summed E-state index contributed by atoms with van der Waals surface area (Å²) in [7, 11) is 0. The van der Waals surface area contributed by atoms with Crippen molar-refractivity contribution in [2.75, 3.05) is 5.73 Å². The van der Waals surface area contributed by atoms with Crippen LogP contribution in [0.1, 0.15) is 24.2 Å². The standard InChI is InChI=1S/C19H18FN3O/c1-11(2)23-19(24)17-10-22-18(21)16-9-13(6-7-15(16)17)12-4-3-5-14(20)8-12/h3-11H,1-2H3,(H2,21,22)(H,23,24). The highest BCUT2D eigenvalue weighted by atomic mass is 19.1. The number of nitrogens with one attached hydrogen (secondary N) is 1. The van der Waals surface area contributed by atoms with Gasteiger partial charge in [0.15, 0.2) is 0 Å². The van der Waals surface area contributed by atoms with Crippen LogP contribution in [0.4, 0.5) is 10.2 Å². The first-order valence-corrected chi connectivity index (χ1v) is 7.71. The summed E-state index contributed by atoms with van der Waals surface area (Å²) in [4.78, 5) is 16.5. The molecule has 1 aromatic heterocycles. The van der Waals surface area contributed by atoms with Gasteiger partial charge in [-0.1, -0.05) is 24.3 Å². The van der Waals surface area contributed by atoms with Gasteiger partial charge in [0.25, 0.3) is 5.91 Å². The van der Waals surface area contributed by atoms with E-state index in [1.807, 2.05) is 38.1 Å². The fraction of sp³-hybridized carbons (Fsp3) is 0.158. The van der Waals surface area contributed by atoms with Gasteiger partial charge in [0, 0.05) is 17.6 Å². The molecule has 0 fully saturated rings. The number of benzene rings is 2. The first-order chi connectivity index (χ1) is 11.5. The molecule has 3 rings (SSSR count). The van der Waals surface area contributed by atoms with Gasteiger partial charge in [-0.05, 0) is 48.6 Å². The number of fused-ring (bicyclic) bond motifs is 1. The van der Waals surface area contributed by atoms with Crippen molar-refractivity contribution in [3.63, 3.8) is 0 Å². The molecule has 0 atom stereocenters. The van der Waals surface area contributed by atoms with Gasteiger partial charge in [0.05, 0.1) is 5.56 Å². The third-order valence-corrected chi connectivity index (χ3v) is 3.74. The van der Waals surface area contributed by atoms with Gasteiger partial charge in [-0.3, -0.25) is 4.79 Å². The summed E-state index contributed by atoms with van der Waals surface area (Å²) in [6.07, 6.45) is 1.48. The van der Waals surface area contributed by atoms with Crippen LogP contribution >= 0.6 is 0 Å². The zero-order valence-electron chi connectivity index (χ0n) is 13.5. The smallest absolute Gasteiger partial charge is 0.253 e. The SMILES string of the molecule is CC(C)NC(=O)c1cnc(N)c2cc(-c3cccc(F)c3)ccc12. The second-order valence-corrected chi connectivity index (χ2v) is 5.96. The number of anilines is 1. The highest BCUT2D eigenvalue weighted by molar-refractivity contribution is 6.09. The first-order valence-electron chi connectivity index (χ1n) is 7.71. The molecule has 5 heteroatoms. The number of rotatable bonds is 3. The molecule has 3 N–H and O–H groups in total. The number of pyridine rings is 1. The molecular weight excluding hydrogens is 305 g/mol. The Morgan fingerprint density at radius 1 is 1.12 bits per heavy atom. The molecule has 0 bridgehead atoms. The molecule has 24 heavy (non-hydrogen) atoms. The van der Waals surface area contributed by atoms with E-state index < -0.39 is 0 Å². The van der Waals surface area contributed by atoms with E-state index in [2.05, 4.69) is 10.3 Å². The van der Waals surface area contributed by atoms with Crippen molar-refractivity contribution in [1.82, 2.24) is 10.3 Å². The summed E-state index contributed by atoms with van der Waals surface area (Å²) in [5, 5.41) is 4.25. The number of aromatic nitrogens is 1. The zero-order chi connectivity index (χ0) is 17.3. The van der Waals surface area contributed by atoms with Gasteiger partial charge in [-0.2, -0.15) is 0 Å². The summed E-state index contributed by atoms with van der Waals surface area (Å²) in [6.45, 7) is 3.79. The van der Waals surface area contributed by atoms with Crippen molar-refractivity contribution in [2.24, 2.45) is 0 Å².